The summed E-state index contributed by atoms with van der Waals surface area (Å²) in [6, 6.07) is 7.79. The summed E-state index contributed by atoms with van der Waals surface area (Å²) in [5.41, 5.74) is 1.04. The van der Waals surface area contributed by atoms with Crippen LogP contribution in [0.4, 0.5) is 5.69 Å². The SMILES string of the molecule is CN(C)C(=O)CNC(=O)CN1CCN(c2ccccc2Cl)CC1. The molecular formula is C16H23ClN4O2. The van der Waals surface area contributed by atoms with Gasteiger partial charge in [-0.1, -0.05) is 23.7 Å². The highest BCUT2D eigenvalue weighted by molar-refractivity contribution is 6.33. The van der Waals surface area contributed by atoms with E-state index in [0.29, 0.717) is 6.54 Å². The maximum absolute atomic E-state index is 11.9. The minimum atomic E-state index is -0.119. The van der Waals surface area contributed by atoms with E-state index in [4.69, 9.17) is 11.6 Å². The molecule has 1 N–H and O–H groups in total. The molecule has 0 saturated carbocycles. The lowest BCUT2D eigenvalue weighted by Crippen LogP contribution is -2.50. The highest BCUT2D eigenvalue weighted by Gasteiger charge is 2.20. The van der Waals surface area contributed by atoms with Gasteiger partial charge < -0.3 is 15.1 Å². The molecule has 2 amide bonds. The van der Waals surface area contributed by atoms with Crippen LogP contribution in [-0.4, -0.2) is 75.0 Å². The van der Waals surface area contributed by atoms with Gasteiger partial charge >= 0.3 is 0 Å². The van der Waals surface area contributed by atoms with Gasteiger partial charge in [-0.2, -0.15) is 0 Å². The Bertz CT molecular complexity index is 557. The summed E-state index contributed by atoms with van der Waals surface area (Å²) in [5, 5.41) is 3.41. The van der Waals surface area contributed by atoms with Crippen molar-refractivity contribution < 1.29 is 9.59 Å². The third-order valence-corrected chi connectivity index (χ3v) is 4.19. The van der Waals surface area contributed by atoms with Gasteiger partial charge in [-0.3, -0.25) is 14.5 Å². The minimum absolute atomic E-state index is 0.0470. The molecule has 0 bridgehead atoms. The Morgan fingerprint density at radius 1 is 1.17 bits per heavy atom. The first-order valence-electron chi connectivity index (χ1n) is 7.66. The van der Waals surface area contributed by atoms with Gasteiger partial charge in [0.05, 0.1) is 23.8 Å². The first-order valence-corrected chi connectivity index (χ1v) is 8.04. The molecule has 0 radical (unpaired) electrons. The van der Waals surface area contributed by atoms with Crippen molar-refractivity contribution in [3.8, 4) is 0 Å². The number of nitrogens with zero attached hydrogens (tertiary/aromatic N) is 3. The number of benzene rings is 1. The molecule has 0 aromatic heterocycles. The molecule has 1 aliphatic heterocycles. The topological polar surface area (TPSA) is 55.9 Å². The van der Waals surface area contributed by atoms with Crippen molar-refractivity contribution in [2.75, 3.05) is 58.3 Å². The average molecular weight is 339 g/mol. The van der Waals surface area contributed by atoms with E-state index in [1.165, 1.54) is 4.90 Å². The van der Waals surface area contributed by atoms with E-state index in [-0.39, 0.29) is 18.4 Å². The Hall–Kier alpha value is -1.79. The third-order valence-electron chi connectivity index (χ3n) is 3.87. The maximum Gasteiger partial charge on any atom is 0.241 e. The van der Waals surface area contributed by atoms with Crippen LogP contribution in [0.25, 0.3) is 0 Å². The van der Waals surface area contributed by atoms with Crippen LogP contribution in [0.3, 0.4) is 0 Å². The Morgan fingerprint density at radius 2 is 1.83 bits per heavy atom. The molecule has 23 heavy (non-hydrogen) atoms. The summed E-state index contributed by atoms with van der Waals surface area (Å²) in [6.07, 6.45) is 0. The molecule has 1 fully saturated rings. The molecule has 1 heterocycles. The predicted molar refractivity (Wildman–Crippen MR) is 91.8 cm³/mol. The van der Waals surface area contributed by atoms with Crippen LogP contribution in [-0.2, 0) is 9.59 Å². The molecule has 0 spiro atoms. The average Bonchev–Trinajstić information content (AvgIpc) is 2.54. The lowest BCUT2D eigenvalue weighted by molar-refractivity contribution is -0.131. The minimum Gasteiger partial charge on any atom is -0.368 e. The van der Waals surface area contributed by atoms with E-state index in [0.717, 1.165) is 36.9 Å². The Morgan fingerprint density at radius 3 is 2.43 bits per heavy atom. The summed E-state index contributed by atoms with van der Waals surface area (Å²) in [7, 11) is 3.34. The quantitative estimate of drug-likeness (QED) is 0.857. The lowest BCUT2D eigenvalue weighted by atomic mass is 10.2. The molecule has 126 valence electrons. The fourth-order valence-electron chi connectivity index (χ4n) is 2.45. The monoisotopic (exact) mass is 338 g/mol. The van der Waals surface area contributed by atoms with Gasteiger partial charge in [-0.15, -0.1) is 0 Å². The smallest absolute Gasteiger partial charge is 0.241 e. The van der Waals surface area contributed by atoms with Crippen LogP contribution >= 0.6 is 11.6 Å². The van der Waals surface area contributed by atoms with E-state index in [9.17, 15) is 9.59 Å². The highest BCUT2D eigenvalue weighted by Crippen LogP contribution is 2.25. The first-order chi connectivity index (χ1) is 11.0. The molecular weight excluding hydrogens is 316 g/mol. The van der Waals surface area contributed by atoms with Crippen molar-refractivity contribution in [3.63, 3.8) is 0 Å². The van der Waals surface area contributed by atoms with Gasteiger partial charge in [0, 0.05) is 40.3 Å². The van der Waals surface area contributed by atoms with Crippen LogP contribution in [0.1, 0.15) is 0 Å². The number of nitrogens with one attached hydrogen (secondary N) is 1. The second-order valence-electron chi connectivity index (χ2n) is 5.78. The second kappa shape index (κ2) is 8.17. The van der Waals surface area contributed by atoms with E-state index in [1.54, 1.807) is 14.1 Å². The number of carbonyl (C=O) groups excluding carboxylic acids is 2. The maximum atomic E-state index is 11.9. The van der Waals surface area contributed by atoms with Crippen molar-refractivity contribution >= 4 is 29.1 Å². The van der Waals surface area contributed by atoms with Gasteiger partial charge in [0.15, 0.2) is 0 Å². The Balaban J connectivity index is 1.75. The fraction of sp³-hybridized carbons (Fsp3) is 0.500. The summed E-state index contributed by atoms with van der Waals surface area (Å²) >= 11 is 6.22. The predicted octanol–water partition coefficient (Wildman–Crippen LogP) is 0.666. The van der Waals surface area contributed by atoms with Crippen molar-refractivity contribution in [3.05, 3.63) is 29.3 Å². The van der Waals surface area contributed by atoms with Crippen molar-refractivity contribution in [2.24, 2.45) is 0 Å². The lowest BCUT2D eigenvalue weighted by Gasteiger charge is -2.36. The van der Waals surface area contributed by atoms with Crippen LogP contribution < -0.4 is 10.2 Å². The molecule has 2 rings (SSSR count). The number of carbonyl (C=O) groups is 2. The van der Waals surface area contributed by atoms with E-state index in [1.807, 2.05) is 24.3 Å². The molecule has 6 nitrogen and oxygen atoms in total. The van der Waals surface area contributed by atoms with Crippen molar-refractivity contribution in [1.29, 1.82) is 0 Å². The summed E-state index contributed by atoms with van der Waals surface area (Å²) in [5.74, 6) is -0.228. The zero-order valence-electron chi connectivity index (χ0n) is 13.6. The van der Waals surface area contributed by atoms with Crippen LogP contribution in [0.2, 0.25) is 5.02 Å². The summed E-state index contributed by atoms with van der Waals surface area (Å²) in [4.78, 5) is 29.1. The number of piperazine rings is 1. The third kappa shape index (κ3) is 5.11. The van der Waals surface area contributed by atoms with Gasteiger partial charge in [-0.05, 0) is 12.1 Å². The van der Waals surface area contributed by atoms with Crippen LogP contribution in [0.5, 0.6) is 0 Å². The molecule has 0 unspecified atom stereocenters. The van der Waals surface area contributed by atoms with Crippen LogP contribution in [0, 0.1) is 0 Å². The second-order valence-corrected chi connectivity index (χ2v) is 6.19. The number of hydrogen-bond acceptors (Lipinski definition) is 4. The van der Waals surface area contributed by atoms with Gasteiger partial charge in [0.25, 0.3) is 0 Å². The number of anilines is 1. The van der Waals surface area contributed by atoms with E-state index in [2.05, 4.69) is 15.1 Å². The number of likely N-dealkylation sites (N-methyl/N-ethyl adjacent to an activating group) is 1. The van der Waals surface area contributed by atoms with E-state index < -0.39 is 0 Å². The number of halogens is 1. The Labute approximate surface area is 142 Å². The molecule has 1 saturated heterocycles. The standard InChI is InChI=1S/C16H23ClN4O2/c1-19(2)16(23)11-18-15(22)12-20-7-9-21(10-8-20)14-6-4-3-5-13(14)17/h3-6H,7-12H2,1-2H3,(H,18,22). The van der Waals surface area contributed by atoms with Gasteiger partial charge in [-0.25, -0.2) is 0 Å². The number of para-hydroxylation sites is 1. The number of rotatable bonds is 5. The molecule has 0 atom stereocenters. The van der Waals surface area contributed by atoms with Crippen molar-refractivity contribution in [1.82, 2.24) is 15.1 Å². The molecule has 7 heteroatoms. The molecule has 0 aliphatic carbocycles. The number of hydrogen-bond donors (Lipinski definition) is 1. The van der Waals surface area contributed by atoms with Crippen LogP contribution in [0.15, 0.2) is 24.3 Å². The van der Waals surface area contributed by atoms with Gasteiger partial charge in [0.1, 0.15) is 0 Å². The molecule has 1 aromatic carbocycles. The summed E-state index contributed by atoms with van der Waals surface area (Å²) in [6.45, 7) is 3.60. The Kier molecular flexibility index (Phi) is 6.24. The zero-order chi connectivity index (χ0) is 16.8. The summed E-state index contributed by atoms with van der Waals surface area (Å²) < 4.78 is 0. The van der Waals surface area contributed by atoms with Crippen molar-refractivity contribution in [2.45, 2.75) is 0 Å². The fourth-order valence-corrected chi connectivity index (χ4v) is 2.70. The largest absolute Gasteiger partial charge is 0.368 e. The number of amides is 2. The first kappa shape index (κ1) is 17.6. The van der Waals surface area contributed by atoms with E-state index >= 15 is 0 Å². The molecule has 1 aromatic rings. The van der Waals surface area contributed by atoms with Gasteiger partial charge in [0.2, 0.25) is 11.8 Å². The molecule has 1 aliphatic rings. The zero-order valence-corrected chi connectivity index (χ0v) is 14.3. The highest BCUT2D eigenvalue weighted by atomic mass is 35.5. The normalized spacial score (nSPS) is 15.3.